The lowest BCUT2D eigenvalue weighted by atomic mass is 9.91. The number of rotatable bonds is 11. The van der Waals surface area contributed by atoms with Crippen molar-refractivity contribution in [3.8, 4) is 5.69 Å². The summed E-state index contributed by atoms with van der Waals surface area (Å²) in [5.41, 5.74) is 2.13. The van der Waals surface area contributed by atoms with E-state index in [1.165, 1.54) is 6.42 Å². The van der Waals surface area contributed by atoms with Crippen LogP contribution in [-0.2, 0) is 16.0 Å². The molecule has 2 amide bonds. The Morgan fingerprint density at radius 3 is 2.58 bits per heavy atom. The zero-order valence-electron chi connectivity index (χ0n) is 23.3. The average Bonchev–Trinajstić information content (AvgIpc) is 3.38. The van der Waals surface area contributed by atoms with Crippen molar-refractivity contribution in [2.45, 2.75) is 64.8 Å². The molecular weight excluding hydrogens is 480 g/mol. The summed E-state index contributed by atoms with van der Waals surface area (Å²) >= 11 is 0. The van der Waals surface area contributed by atoms with Crippen molar-refractivity contribution in [1.29, 1.82) is 0 Å². The highest BCUT2D eigenvalue weighted by molar-refractivity contribution is 5.94. The molecule has 0 aliphatic carbocycles. The molecule has 2 aliphatic heterocycles. The third kappa shape index (κ3) is 6.99. The first-order valence-electron chi connectivity index (χ1n) is 14.3. The molecule has 38 heavy (non-hydrogen) atoms. The lowest BCUT2D eigenvalue weighted by molar-refractivity contribution is -0.137. The Morgan fingerprint density at radius 1 is 1.11 bits per heavy atom. The minimum absolute atomic E-state index is 0.0689. The maximum absolute atomic E-state index is 14.2. The van der Waals surface area contributed by atoms with Crippen LogP contribution in [0.1, 0.15) is 68.6 Å². The van der Waals surface area contributed by atoms with Crippen LogP contribution >= 0.6 is 0 Å². The summed E-state index contributed by atoms with van der Waals surface area (Å²) in [5, 5.41) is 12.3. The molecule has 0 bridgehead atoms. The second-order valence-electron chi connectivity index (χ2n) is 11.1. The number of nitrogens with zero attached hydrogens (tertiary/aromatic N) is 5. The fourth-order valence-electron chi connectivity index (χ4n) is 5.65. The fourth-order valence-corrected chi connectivity index (χ4v) is 5.65. The van der Waals surface area contributed by atoms with Gasteiger partial charge in [-0.05, 0) is 63.0 Å². The van der Waals surface area contributed by atoms with Crippen molar-refractivity contribution in [2.75, 3.05) is 46.4 Å². The number of carbonyl (C=O) groups is 2. The van der Waals surface area contributed by atoms with Crippen LogP contribution in [0.2, 0.25) is 0 Å². The highest BCUT2D eigenvalue weighted by atomic mass is 16.5. The van der Waals surface area contributed by atoms with Crippen LogP contribution in [0.5, 0.6) is 0 Å². The van der Waals surface area contributed by atoms with E-state index in [1.54, 1.807) is 11.8 Å². The molecule has 2 aliphatic rings. The summed E-state index contributed by atoms with van der Waals surface area (Å²) in [4.78, 5) is 31.5. The van der Waals surface area contributed by atoms with E-state index >= 15 is 0 Å². The summed E-state index contributed by atoms with van der Waals surface area (Å²) in [6, 6.07) is 9.79. The van der Waals surface area contributed by atoms with Crippen LogP contribution in [0.4, 0.5) is 0 Å². The Hall–Kier alpha value is -2.78. The minimum atomic E-state index is -0.108. The second-order valence-corrected chi connectivity index (χ2v) is 11.1. The monoisotopic (exact) mass is 524 g/mol. The minimum Gasteiger partial charge on any atom is -0.385 e. The average molecular weight is 525 g/mol. The van der Waals surface area contributed by atoms with E-state index in [-0.39, 0.29) is 29.7 Å². The van der Waals surface area contributed by atoms with Gasteiger partial charge < -0.3 is 19.9 Å². The lowest BCUT2D eigenvalue weighted by Gasteiger charge is -2.40. The number of unbranched alkanes of at least 4 members (excludes halogenated alkanes) is 1. The fraction of sp³-hybridized carbons (Fsp3) is 0.655. The third-order valence-electron chi connectivity index (χ3n) is 7.59. The summed E-state index contributed by atoms with van der Waals surface area (Å²) in [7, 11) is 1.70. The summed E-state index contributed by atoms with van der Waals surface area (Å²) < 4.78 is 7.04. The maximum atomic E-state index is 14.2. The topological polar surface area (TPSA) is 92.6 Å². The third-order valence-corrected chi connectivity index (χ3v) is 7.59. The van der Waals surface area contributed by atoms with E-state index in [4.69, 9.17) is 4.74 Å². The molecule has 3 heterocycles. The van der Waals surface area contributed by atoms with Gasteiger partial charge in [0, 0.05) is 52.5 Å². The Labute approximate surface area is 226 Å². The molecule has 1 aromatic heterocycles. The van der Waals surface area contributed by atoms with Gasteiger partial charge in [-0.1, -0.05) is 37.3 Å². The smallest absolute Gasteiger partial charge is 0.276 e. The van der Waals surface area contributed by atoms with Crippen LogP contribution in [0, 0.1) is 11.8 Å². The molecule has 1 aromatic carbocycles. The quantitative estimate of drug-likeness (QED) is 0.454. The van der Waals surface area contributed by atoms with Crippen LogP contribution in [-0.4, -0.2) is 89.1 Å². The van der Waals surface area contributed by atoms with E-state index in [2.05, 4.69) is 29.5 Å². The van der Waals surface area contributed by atoms with Gasteiger partial charge in [0.25, 0.3) is 5.91 Å². The van der Waals surface area contributed by atoms with Gasteiger partial charge in [-0.2, -0.15) is 0 Å². The molecule has 2 saturated heterocycles. The summed E-state index contributed by atoms with van der Waals surface area (Å²) in [6.07, 6.45) is 6.48. The van der Waals surface area contributed by atoms with Crippen LogP contribution in [0.3, 0.4) is 0 Å². The Kier molecular flexibility index (Phi) is 10.3. The number of amides is 2. The van der Waals surface area contributed by atoms with Crippen molar-refractivity contribution in [2.24, 2.45) is 11.8 Å². The van der Waals surface area contributed by atoms with E-state index in [9.17, 15) is 9.59 Å². The van der Waals surface area contributed by atoms with Gasteiger partial charge in [0.1, 0.15) is 0 Å². The highest BCUT2D eigenvalue weighted by Crippen LogP contribution is 2.24. The standard InChI is InChI=1S/C29H44N6O3/c1-22(2)21-34(25-18-23(19-30-20-25)28(36)33-15-9-5-10-16-33)29(37)27-26(14-8-11-17-38-3)35(32-31-27)24-12-6-4-7-13-24/h4,6-7,12-13,22-23,25,30H,5,8-11,14-21H2,1-3H3/t23-,25+/m1/s1. The summed E-state index contributed by atoms with van der Waals surface area (Å²) in [5.74, 6) is 0.308. The number of methoxy groups -OCH3 is 1. The number of ether oxygens (including phenoxy) is 1. The molecule has 0 spiro atoms. The van der Waals surface area contributed by atoms with Gasteiger partial charge >= 0.3 is 0 Å². The van der Waals surface area contributed by atoms with Gasteiger partial charge in [0.05, 0.1) is 17.3 Å². The van der Waals surface area contributed by atoms with Crippen molar-refractivity contribution in [3.63, 3.8) is 0 Å². The molecule has 1 N–H and O–H groups in total. The number of benzene rings is 1. The van der Waals surface area contributed by atoms with E-state index in [0.717, 1.165) is 50.2 Å². The molecule has 2 aromatic rings. The normalized spacial score (nSPS) is 20.1. The number of hydrogen-bond donors (Lipinski definition) is 1. The molecule has 9 nitrogen and oxygen atoms in total. The molecule has 2 atom stereocenters. The van der Waals surface area contributed by atoms with Crippen molar-refractivity contribution in [1.82, 2.24) is 30.1 Å². The molecule has 0 saturated carbocycles. The molecule has 2 fully saturated rings. The van der Waals surface area contributed by atoms with Gasteiger partial charge in [-0.25, -0.2) is 4.68 Å². The van der Waals surface area contributed by atoms with Gasteiger partial charge in [-0.3, -0.25) is 9.59 Å². The number of aromatic nitrogens is 3. The van der Waals surface area contributed by atoms with Crippen molar-refractivity contribution in [3.05, 3.63) is 41.7 Å². The first-order valence-corrected chi connectivity index (χ1v) is 14.3. The zero-order valence-corrected chi connectivity index (χ0v) is 23.3. The molecule has 0 radical (unpaired) electrons. The summed E-state index contributed by atoms with van der Waals surface area (Å²) in [6.45, 7) is 8.59. The van der Waals surface area contributed by atoms with Gasteiger partial charge in [0.15, 0.2) is 5.69 Å². The number of para-hydroxylation sites is 1. The number of piperidine rings is 2. The van der Waals surface area contributed by atoms with Gasteiger partial charge in [-0.15, -0.1) is 5.10 Å². The molecule has 0 unspecified atom stereocenters. The number of likely N-dealkylation sites (tertiary alicyclic amines) is 1. The SMILES string of the molecule is COCCCCc1c(C(=O)N(CC(C)C)[C@@H]2CNC[C@H](C(=O)N3CCCCC3)C2)nnn1-c1ccccc1. The maximum Gasteiger partial charge on any atom is 0.276 e. The van der Waals surface area contributed by atoms with E-state index < -0.39 is 0 Å². The second kappa shape index (κ2) is 13.8. The highest BCUT2D eigenvalue weighted by Gasteiger charge is 2.37. The largest absolute Gasteiger partial charge is 0.385 e. The number of carbonyl (C=O) groups excluding carboxylic acids is 2. The lowest BCUT2D eigenvalue weighted by Crippen LogP contribution is -2.55. The Morgan fingerprint density at radius 2 is 1.87 bits per heavy atom. The Bertz CT molecular complexity index is 1030. The number of hydrogen-bond acceptors (Lipinski definition) is 6. The van der Waals surface area contributed by atoms with Crippen LogP contribution in [0.15, 0.2) is 30.3 Å². The predicted octanol–water partition coefficient (Wildman–Crippen LogP) is 3.33. The van der Waals surface area contributed by atoms with Gasteiger partial charge in [0.2, 0.25) is 5.91 Å². The molecule has 208 valence electrons. The van der Waals surface area contributed by atoms with Crippen molar-refractivity contribution >= 4 is 11.8 Å². The Balaban J connectivity index is 1.58. The van der Waals surface area contributed by atoms with Crippen molar-refractivity contribution < 1.29 is 14.3 Å². The first-order chi connectivity index (χ1) is 18.5. The number of nitrogens with one attached hydrogen (secondary N) is 1. The predicted molar refractivity (Wildman–Crippen MR) is 147 cm³/mol. The molecular formula is C29H44N6O3. The van der Waals surface area contributed by atoms with E-state index in [1.807, 2.05) is 40.1 Å². The first kappa shape index (κ1) is 28.2. The molecule has 4 rings (SSSR count). The zero-order chi connectivity index (χ0) is 26.9. The van der Waals surface area contributed by atoms with Crippen LogP contribution < -0.4 is 5.32 Å². The van der Waals surface area contributed by atoms with Crippen LogP contribution in [0.25, 0.3) is 5.69 Å². The van der Waals surface area contributed by atoms with E-state index in [0.29, 0.717) is 44.8 Å². The molecule has 9 heteroatoms.